The average molecular weight is 366 g/mol. The van der Waals surface area contributed by atoms with E-state index in [1.54, 1.807) is 11.3 Å². The van der Waals surface area contributed by atoms with Crippen LogP contribution in [0.25, 0.3) is 22.4 Å². The molecule has 0 aliphatic carbocycles. The molecule has 0 radical (unpaired) electrons. The second-order valence-electron chi connectivity index (χ2n) is 6.36. The number of nitrogens with one attached hydrogen (secondary N) is 1. The van der Waals surface area contributed by atoms with Gasteiger partial charge in [0.1, 0.15) is 0 Å². The topological polar surface area (TPSA) is 37.4 Å². The number of nitrogens with zero attached hydrogens (tertiary/aromatic N) is 2. The molecule has 0 unspecified atom stereocenters. The van der Waals surface area contributed by atoms with Gasteiger partial charge in [-0.25, -0.2) is 4.98 Å². The van der Waals surface area contributed by atoms with Crippen molar-refractivity contribution >= 4 is 16.5 Å². The maximum Gasteiger partial charge on any atom is 0.183 e. The van der Waals surface area contributed by atoms with E-state index in [0.29, 0.717) is 0 Å². The number of rotatable bonds is 6. The number of anilines is 1. The van der Waals surface area contributed by atoms with Crippen LogP contribution in [0.15, 0.2) is 60.0 Å². The quantitative estimate of drug-likeness (QED) is 0.710. The standard InChI is InChI=1S/C21H23N3OS/c1-2-4-17(5-3-1)18-6-8-19(9-7-18)20-16-26-21(23-20)22-10-11-24-12-14-25-15-13-24/h1-9,16H,10-15H2,(H,22,23). The first kappa shape index (κ1) is 17.2. The molecule has 5 heteroatoms. The van der Waals surface area contributed by atoms with Crippen LogP contribution in [-0.4, -0.2) is 49.3 Å². The molecule has 1 aliphatic rings. The molecule has 0 atom stereocenters. The van der Waals surface area contributed by atoms with E-state index in [2.05, 4.69) is 64.1 Å². The van der Waals surface area contributed by atoms with Gasteiger partial charge in [-0.15, -0.1) is 11.3 Å². The molecule has 134 valence electrons. The molecule has 4 nitrogen and oxygen atoms in total. The van der Waals surface area contributed by atoms with Gasteiger partial charge in [0, 0.05) is 37.1 Å². The van der Waals surface area contributed by atoms with Gasteiger partial charge in [0.2, 0.25) is 0 Å². The molecule has 0 amide bonds. The average Bonchev–Trinajstić information content (AvgIpc) is 3.19. The van der Waals surface area contributed by atoms with Crippen LogP contribution in [0.4, 0.5) is 5.13 Å². The molecule has 0 saturated carbocycles. The summed E-state index contributed by atoms with van der Waals surface area (Å²) < 4.78 is 5.38. The maximum atomic E-state index is 5.38. The molecule has 0 bridgehead atoms. The Bertz CT molecular complexity index is 811. The lowest BCUT2D eigenvalue weighted by Gasteiger charge is -2.26. The molecule has 26 heavy (non-hydrogen) atoms. The van der Waals surface area contributed by atoms with E-state index >= 15 is 0 Å². The summed E-state index contributed by atoms with van der Waals surface area (Å²) in [6.07, 6.45) is 0. The van der Waals surface area contributed by atoms with Crippen LogP contribution in [0.5, 0.6) is 0 Å². The van der Waals surface area contributed by atoms with Crippen molar-refractivity contribution in [3.8, 4) is 22.4 Å². The lowest BCUT2D eigenvalue weighted by molar-refractivity contribution is 0.0398. The van der Waals surface area contributed by atoms with E-state index in [1.807, 2.05) is 6.07 Å². The van der Waals surface area contributed by atoms with Crippen LogP contribution in [0.2, 0.25) is 0 Å². The van der Waals surface area contributed by atoms with Crippen LogP contribution in [0.3, 0.4) is 0 Å². The zero-order valence-corrected chi connectivity index (χ0v) is 15.5. The minimum absolute atomic E-state index is 0.848. The number of benzene rings is 2. The van der Waals surface area contributed by atoms with Crippen LogP contribution < -0.4 is 5.32 Å². The molecular formula is C21H23N3OS. The van der Waals surface area contributed by atoms with Gasteiger partial charge >= 0.3 is 0 Å². The van der Waals surface area contributed by atoms with Gasteiger partial charge in [0.05, 0.1) is 18.9 Å². The first-order valence-corrected chi connectivity index (χ1v) is 9.92. The molecule has 1 aliphatic heterocycles. The van der Waals surface area contributed by atoms with Gasteiger partial charge in [0.15, 0.2) is 5.13 Å². The van der Waals surface area contributed by atoms with Crippen LogP contribution in [0.1, 0.15) is 0 Å². The van der Waals surface area contributed by atoms with E-state index in [4.69, 9.17) is 9.72 Å². The molecule has 1 fully saturated rings. The summed E-state index contributed by atoms with van der Waals surface area (Å²) in [6.45, 7) is 5.70. The fourth-order valence-electron chi connectivity index (χ4n) is 3.10. The monoisotopic (exact) mass is 365 g/mol. The number of morpholine rings is 1. The largest absolute Gasteiger partial charge is 0.379 e. The van der Waals surface area contributed by atoms with Crippen molar-refractivity contribution in [1.82, 2.24) is 9.88 Å². The van der Waals surface area contributed by atoms with Crippen molar-refractivity contribution in [3.05, 3.63) is 60.0 Å². The fourth-order valence-corrected chi connectivity index (χ4v) is 3.85. The second kappa shape index (κ2) is 8.45. The summed E-state index contributed by atoms with van der Waals surface area (Å²) in [4.78, 5) is 7.15. The summed E-state index contributed by atoms with van der Waals surface area (Å²) in [5, 5.41) is 6.55. The minimum Gasteiger partial charge on any atom is -0.379 e. The highest BCUT2D eigenvalue weighted by Gasteiger charge is 2.10. The molecule has 1 aromatic heterocycles. The van der Waals surface area contributed by atoms with Gasteiger partial charge < -0.3 is 10.1 Å². The van der Waals surface area contributed by atoms with Gasteiger partial charge in [-0.2, -0.15) is 0 Å². The lowest BCUT2D eigenvalue weighted by atomic mass is 10.0. The molecule has 2 heterocycles. The number of hydrogen-bond donors (Lipinski definition) is 1. The maximum absolute atomic E-state index is 5.38. The Morgan fingerprint density at radius 3 is 2.38 bits per heavy atom. The summed E-state index contributed by atoms with van der Waals surface area (Å²) in [6, 6.07) is 19.1. The summed E-state index contributed by atoms with van der Waals surface area (Å²) >= 11 is 1.67. The highest BCUT2D eigenvalue weighted by Crippen LogP contribution is 2.27. The van der Waals surface area contributed by atoms with Gasteiger partial charge in [0.25, 0.3) is 0 Å². The molecular weight excluding hydrogens is 342 g/mol. The van der Waals surface area contributed by atoms with Crippen LogP contribution in [0, 0.1) is 0 Å². The van der Waals surface area contributed by atoms with E-state index in [-0.39, 0.29) is 0 Å². The summed E-state index contributed by atoms with van der Waals surface area (Å²) in [5.41, 5.74) is 4.65. The predicted octanol–water partition coefficient (Wildman–Crippen LogP) is 4.22. The van der Waals surface area contributed by atoms with Gasteiger partial charge in [-0.3, -0.25) is 4.90 Å². The van der Waals surface area contributed by atoms with E-state index in [0.717, 1.165) is 55.8 Å². The third-order valence-electron chi connectivity index (χ3n) is 4.60. The van der Waals surface area contributed by atoms with E-state index < -0.39 is 0 Å². The van der Waals surface area contributed by atoms with Crippen molar-refractivity contribution in [2.75, 3.05) is 44.7 Å². The number of thiazole rings is 1. The first-order valence-electron chi connectivity index (χ1n) is 9.04. The Balaban J connectivity index is 1.35. The molecule has 1 saturated heterocycles. The smallest absolute Gasteiger partial charge is 0.183 e. The van der Waals surface area contributed by atoms with Crippen LogP contribution >= 0.6 is 11.3 Å². The molecule has 3 aromatic rings. The van der Waals surface area contributed by atoms with Gasteiger partial charge in [-0.05, 0) is 11.1 Å². The third kappa shape index (κ3) is 4.30. The van der Waals surface area contributed by atoms with E-state index in [9.17, 15) is 0 Å². The fraction of sp³-hybridized carbons (Fsp3) is 0.286. The Morgan fingerprint density at radius 1 is 0.923 bits per heavy atom. The van der Waals surface area contributed by atoms with Crippen molar-refractivity contribution < 1.29 is 4.74 Å². The molecule has 1 N–H and O–H groups in total. The van der Waals surface area contributed by atoms with Gasteiger partial charge in [-0.1, -0.05) is 54.6 Å². The number of ether oxygens (including phenoxy) is 1. The Labute approximate surface area is 158 Å². The number of aromatic nitrogens is 1. The summed E-state index contributed by atoms with van der Waals surface area (Å²) in [7, 11) is 0. The Morgan fingerprint density at radius 2 is 1.62 bits per heavy atom. The van der Waals surface area contributed by atoms with Crippen molar-refractivity contribution in [2.45, 2.75) is 0 Å². The zero-order chi connectivity index (χ0) is 17.6. The highest BCUT2D eigenvalue weighted by molar-refractivity contribution is 7.14. The Kier molecular flexibility index (Phi) is 5.59. The molecule has 4 rings (SSSR count). The normalized spacial score (nSPS) is 15.1. The molecule has 0 spiro atoms. The number of hydrogen-bond acceptors (Lipinski definition) is 5. The summed E-state index contributed by atoms with van der Waals surface area (Å²) in [5.74, 6) is 0. The highest BCUT2D eigenvalue weighted by atomic mass is 32.1. The van der Waals surface area contributed by atoms with E-state index in [1.165, 1.54) is 11.1 Å². The third-order valence-corrected chi connectivity index (χ3v) is 5.40. The van der Waals surface area contributed by atoms with Crippen molar-refractivity contribution in [2.24, 2.45) is 0 Å². The first-order chi connectivity index (χ1) is 12.9. The second-order valence-corrected chi connectivity index (χ2v) is 7.22. The lowest BCUT2D eigenvalue weighted by Crippen LogP contribution is -2.38. The molecule has 2 aromatic carbocycles. The minimum atomic E-state index is 0.848. The zero-order valence-electron chi connectivity index (χ0n) is 14.7. The Hall–Kier alpha value is -2.21. The van der Waals surface area contributed by atoms with Crippen LogP contribution in [-0.2, 0) is 4.74 Å². The SMILES string of the molecule is c1ccc(-c2ccc(-c3csc(NCCN4CCOCC4)n3)cc2)cc1. The van der Waals surface area contributed by atoms with Crippen molar-refractivity contribution in [3.63, 3.8) is 0 Å². The van der Waals surface area contributed by atoms with Crippen molar-refractivity contribution in [1.29, 1.82) is 0 Å². The predicted molar refractivity (Wildman–Crippen MR) is 109 cm³/mol.